The van der Waals surface area contributed by atoms with Gasteiger partial charge in [0.2, 0.25) is 0 Å². The van der Waals surface area contributed by atoms with E-state index in [0.717, 1.165) is 41.7 Å². The van der Waals surface area contributed by atoms with Crippen LogP contribution in [-0.2, 0) is 108 Å². The summed E-state index contributed by atoms with van der Waals surface area (Å²) in [7, 11) is 0. The second kappa shape index (κ2) is 45.5. The summed E-state index contributed by atoms with van der Waals surface area (Å²) in [6.45, 7) is 15.8. The average Bonchev–Trinajstić information content (AvgIpc) is 1.62. The number of aliphatic imine (C=N–C) groups is 1. The Morgan fingerprint density at radius 1 is 0.619 bits per heavy atom. The molecule has 2 aromatic carbocycles. The first-order chi connectivity index (χ1) is 45.4. The molecule has 1 N–H and O–H groups in total. The first-order valence-electron chi connectivity index (χ1n) is 29.9. The molecule has 1 aliphatic heterocycles. The standard InChI is InChI=1S/C27H31F3N6O5.C22H22F3N5O2.C6H11ClO3.C4H7O.C2H4Cl2O.CH2O.Na.H2O/c1-4-8-21(37)41-17-40-16-36-22-24(34(6-3)26(39)35(11-5-2)25(22)38)32-23(36)19-13-31-33(15-19)14-18-9-7-10-20(12-18)27(28,29)30;1-3-8-30-20(31)17-10-18(27-19(17)29(4-2)21(30)32)15-11-26-28(13-15)12-14-6-5-7-16(9-14)22(23,24)25;1-2-3-6(8)10-5-9-4-7;1-2-3-4-5;3-1-5-2-4;1-2;;/h7,9-10,12-13,15H,4-6,8,11,14,16-17H2,1-3H3;5-7,9,11,13H,3-4,8,10,12H2,1-2H3;2-5H2,1H3;2-3H2,1H3;1-2H2;1H2;;1H2/q;;;-1;;;+1;/p-1. The number of fused-ring (bicyclic) bond motifs is 2. The Hall–Kier alpha value is -7.07. The van der Waals surface area contributed by atoms with Crippen molar-refractivity contribution in [3.8, 4) is 11.4 Å². The predicted molar refractivity (Wildman–Crippen MR) is 346 cm³/mol. The molecule has 35 heteroatoms. The molecule has 8 rings (SSSR count). The second-order valence-corrected chi connectivity index (χ2v) is 20.7. The molecule has 6 heterocycles. The van der Waals surface area contributed by atoms with Crippen molar-refractivity contribution in [1.29, 1.82) is 0 Å². The summed E-state index contributed by atoms with van der Waals surface area (Å²) in [6.07, 6.45) is 4.25. The summed E-state index contributed by atoms with van der Waals surface area (Å²) >= 11 is 15.1. The molecule has 0 fully saturated rings. The van der Waals surface area contributed by atoms with Crippen molar-refractivity contribution in [1.82, 2.24) is 47.4 Å². The van der Waals surface area contributed by atoms with Gasteiger partial charge in [-0.2, -0.15) is 43.0 Å². The number of alkyl halides is 9. The fraction of sp³-hybridized carbons (Fsp3) is 0.484. The number of hydrogen-bond donors (Lipinski definition) is 0. The monoisotopic (exact) mass is 1440 g/mol. The van der Waals surface area contributed by atoms with Crippen LogP contribution in [0.4, 0.5) is 32.2 Å². The third-order valence-electron chi connectivity index (χ3n) is 13.1. The van der Waals surface area contributed by atoms with Crippen molar-refractivity contribution in [3.05, 3.63) is 148 Å². The van der Waals surface area contributed by atoms with E-state index < -0.39 is 40.7 Å². The van der Waals surface area contributed by atoms with Crippen LogP contribution in [0.5, 0.6) is 0 Å². The number of ether oxygens (including phenoxy) is 5. The molecule has 0 bridgehead atoms. The largest absolute Gasteiger partial charge is 1.00 e. The van der Waals surface area contributed by atoms with Gasteiger partial charge >= 0.3 is 65.2 Å². The maximum Gasteiger partial charge on any atom is 1.00 e. The van der Waals surface area contributed by atoms with E-state index in [1.807, 2.05) is 48.3 Å². The number of aromatic nitrogens is 10. The Morgan fingerprint density at radius 3 is 1.53 bits per heavy atom. The summed E-state index contributed by atoms with van der Waals surface area (Å²) in [6, 6.07) is 10.5. The number of aryl methyl sites for hydroxylation is 1. The van der Waals surface area contributed by atoms with Crippen LogP contribution in [0, 0.1) is 0 Å². The SMILES string of the molecule is C=O.CCCC(=O)OCOCCl.CCCC(=O)OCOCn1c(-c2cnn(Cc3cccc(C(F)(F)F)c3)c2)nc2c1c(=O)n(CCC)c(=O)n2CC.CCC[C-]=O.CCCn1c(=O)c2c(n(CC)c1=O)N=C(c1cnn(Cc3cccc(C(F)(F)F)c3)c1)C2.ClCOCCl.[Na+].[OH-]. The van der Waals surface area contributed by atoms with Gasteiger partial charge in [0.05, 0.1) is 53.4 Å². The maximum absolute atomic E-state index is 13.5. The number of carbonyl (C=O) groups excluding carboxylic acids is 4. The Kier molecular flexibility index (Phi) is 41.3. The van der Waals surface area contributed by atoms with Gasteiger partial charge in [-0.15, -0.1) is 0 Å². The molecule has 7 aromatic rings. The molecule has 0 radical (unpaired) electrons. The van der Waals surface area contributed by atoms with E-state index in [4.69, 9.17) is 49.1 Å². The summed E-state index contributed by atoms with van der Waals surface area (Å²) in [4.78, 5) is 101. The van der Waals surface area contributed by atoms with Crippen LogP contribution in [-0.4, -0.2) is 115 Å². The molecular weight excluding hydrogens is 1370 g/mol. The Morgan fingerprint density at radius 2 is 1.09 bits per heavy atom. The van der Waals surface area contributed by atoms with Gasteiger partial charge in [0.1, 0.15) is 43.4 Å². The van der Waals surface area contributed by atoms with E-state index in [1.165, 1.54) is 46.0 Å². The number of hydrogen-bond acceptors (Lipinski definition) is 18. The minimum absolute atomic E-state index is 0. The minimum Gasteiger partial charge on any atom is -0.870 e. The van der Waals surface area contributed by atoms with Crippen LogP contribution in [0.1, 0.15) is 133 Å². The van der Waals surface area contributed by atoms with Crippen LogP contribution in [0.3, 0.4) is 0 Å². The van der Waals surface area contributed by atoms with Gasteiger partial charge in [-0.25, -0.2) is 19.6 Å². The van der Waals surface area contributed by atoms with Gasteiger partial charge in [0, 0.05) is 63.4 Å². The van der Waals surface area contributed by atoms with E-state index in [2.05, 4.69) is 34.4 Å². The molecule has 0 saturated heterocycles. The zero-order valence-electron chi connectivity index (χ0n) is 55.1. The summed E-state index contributed by atoms with van der Waals surface area (Å²) in [5, 5.41) is 8.52. The van der Waals surface area contributed by atoms with Crippen molar-refractivity contribution in [2.75, 3.05) is 31.8 Å². The zero-order valence-corrected chi connectivity index (χ0v) is 59.3. The number of esters is 2. The molecule has 0 aliphatic carbocycles. The maximum atomic E-state index is 13.5. The number of carbonyl (C=O) groups is 3. The van der Waals surface area contributed by atoms with Crippen LogP contribution in [0.25, 0.3) is 22.6 Å². The average molecular weight is 1440 g/mol. The number of nitrogens with zero attached hydrogens (tertiary/aromatic N) is 11. The molecular formula is C62H78Cl3F6N11NaO14-. The molecule has 0 unspecified atom stereocenters. The quantitative estimate of drug-likeness (QED) is 0.00901. The fourth-order valence-electron chi connectivity index (χ4n) is 8.87. The van der Waals surface area contributed by atoms with E-state index in [9.17, 15) is 59.9 Å². The van der Waals surface area contributed by atoms with Gasteiger partial charge in [0.25, 0.3) is 11.1 Å². The van der Waals surface area contributed by atoms with Gasteiger partial charge in [-0.05, 0) is 74.9 Å². The van der Waals surface area contributed by atoms with Gasteiger partial charge < -0.3 is 38.7 Å². The smallest absolute Gasteiger partial charge is 0.870 e. The minimum atomic E-state index is -4.47. The van der Waals surface area contributed by atoms with Crippen LogP contribution in [0.15, 0.2) is 97.5 Å². The van der Waals surface area contributed by atoms with E-state index in [0.29, 0.717) is 84.5 Å². The van der Waals surface area contributed by atoms with Crippen molar-refractivity contribution < 1.29 is 104 Å². The molecule has 0 spiro atoms. The number of unbranched alkanes of at least 4 members (excludes halogenated alkanes) is 1. The molecule has 0 atom stereocenters. The predicted octanol–water partition coefficient (Wildman–Crippen LogP) is 7.81. The van der Waals surface area contributed by atoms with Gasteiger partial charge in [-0.1, -0.05) is 100 Å². The number of halogens is 9. The van der Waals surface area contributed by atoms with E-state index >= 15 is 0 Å². The Bertz CT molecular complexity index is 3850. The van der Waals surface area contributed by atoms with Crippen molar-refractivity contribution in [2.24, 2.45) is 4.99 Å². The fourth-order valence-corrected chi connectivity index (χ4v) is 9.16. The van der Waals surface area contributed by atoms with Crippen LogP contribution < -0.4 is 52.1 Å². The summed E-state index contributed by atoms with van der Waals surface area (Å²) in [5.41, 5.74) is 0.106. The molecule has 97 heavy (non-hydrogen) atoms. The molecule has 25 nitrogen and oxygen atoms in total. The van der Waals surface area contributed by atoms with Crippen molar-refractivity contribution in [3.63, 3.8) is 0 Å². The van der Waals surface area contributed by atoms with E-state index in [-0.39, 0.29) is 147 Å². The topological polar surface area (TPSA) is 298 Å². The van der Waals surface area contributed by atoms with Crippen molar-refractivity contribution >= 4 is 82.5 Å². The Balaban J connectivity index is 0.000000740. The first-order valence-corrected chi connectivity index (χ1v) is 31.5. The second-order valence-electron chi connectivity index (χ2n) is 20.0. The first kappa shape index (κ1) is 87.9. The van der Waals surface area contributed by atoms with Crippen LogP contribution in [0.2, 0.25) is 0 Å². The third-order valence-corrected chi connectivity index (χ3v) is 13.6. The Labute approximate surface area is 591 Å². The summed E-state index contributed by atoms with van der Waals surface area (Å²) < 4.78 is 112. The van der Waals surface area contributed by atoms with E-state index in [1.54, 1.807) is 43.9 Å². The van der Waals surface area contributed by atoms with Crippen molar-refractivity contribution in [2.45, 2.75) is 165 Å². The van der Waals surface area contributed by atoms with Gasteiger partial charge in [0.15, 0.2) is 24.7 Å². The molecule has 530 valence electrons. The van der Waals surface area contributed by atoms with Crippen LogP contribution >= 0.6 is 34.8 Å². The molecule has 0 amide bonds. The van der Waals surface area contributed by atoms with Gasteiger partial charge in [-0.3, -0.25) is 57.7 Å². The number of benzene rings is 2. The molecule has 5 aromatic heterocycles. The third kappa shape index (κ3) is 26.6. The molecule has 1 aliphatic rings. The normalized spacial score (nSPS) is 11.2. The summed E-state index contributed by atoms with van der Waals surface area (Å²) in [5.74, 6) is -0.0459. The number of imidazole rings is 1. The number of rotatable bonds is 27. The zero-order chi connectivity index (χ0) is 70.8. The molecule has 0 saturated carbocycles.